The van der Waals surface area contributed by atoms with Gasteiger partial charge in [0.15, 0.2) is 0 Å². The highest BCUT2D eigenvalue weighted by molar-refractivity contribution is 7.94. The molecule has 0 bridgehead atoms. The van der Waals surface area contributed by atoms with Crippen molar-refractivity contribution in [1.29, 1.82) is 0 Å². The minimum Gasteiger partial charge on any atom is -0.287 e. The third kappa shape index (κ3) is 3.64. The Balaban J connectivity index is 1.82. The van der Waals surface area contributed by atoms with Crippen LogP contribution in [-0.4, -0.2) is 19.4 Å². The van der Waals surface area contributed by atoms with Crippen LogP contribution in [0, 0.1) is 10.1 Å². The third-order valence-electron chi connectivity index (χ3n) is 5.12. The highest BCUT2D eigenvalue weighted by Crippen LogP contribution is 2.38. The van der Waals surface area contributed by atoms with Crippen LogP contribution in [0.1, 0.15) is 18.1 Å². The maximum atomic E-state index is 13.4. The molecule has 3 aromatic carbocycles. The Morgan fingerprint density at radius 3 is 2.32 bits per heavy atom. The van der Waals surface area contributed by atoms with Crippen LogP contribution < -0.4 is 9.21 Å². The Morgan fingerprint density at radius 2 is 1.65 bits per heavy atom. The van der Waals surface area contributed by atoms with Gasteiger partial charge in [0.25, 0.3) is 15.7 Å². The standard InChI is InChI=1S/C22H19N3O5S/c1-2-16-10-12-18(13-11-16)24-22(26)23(15-17-6-5-7-19(14-17)25(27)28)20-8-3-4-9-21(20)31(24,29)30/h3-14H,2,15H2,1H3. The number of nitro benzene ring substituents is 1. The molecule has 0 spiro atoms. The van der Waals surface area contributed by atoms with Crippen molar-refractivity contribution in [2.45, 2.75) is 24.8 Å². The molecule has 9 heteroatoms. The molecule has 0 radical (unpaired) electrons. The number of hydrogen-bond donors (Lipinski definition) is 0. The molecule has 2 amide bonds. The van der Waals surface area contributed by atoms with Crippen molar-refractivity contribution in [1.82, 2.24) is 0 Å². The van der Waals surface area contributed by atoms with Crippen LogP contribution in [0.15, 0.2) is 77.7 Å². The Labute approximate surface area is 179 Å². The number of urea groups is 1. The Hall–Kier alpha value is -3.72. The highest BCUT2D eigenvalue weighted by Gasteiger charge is 2.42. The molecule has 0 saturated carbocycles. The van der Waals surface area contributed by atoms with Gasteiger partial charge in [-0.1, -0.05) is 43.3 Å². The summed E-state index contributed by atoms with van der Waals surface area (Å²) in [5.74, 6) is 0. The van der Waals surface area contributed by atoms with Gasteiger partial charge in [0.05, 0.1) is 22.8 Å². The SMILES string of the molecule is CCc1ccc(N2C(=O)N(Cc3cccc([N+](=O)[O-])c3)c3ccccc3S2(=O)=O)cc1. The predicted molar refractivity (Wildman–Crippen MR) is 117 cm³/mol. The van der Waals surface area contributed by atoms with E-state index < -0.39 is 21.0 Å². The quantitative estimate of drug-likeness (QED) is 0.432. The average Bonchev–Trinajstić information content (AvgIpc) is 2.77. The number of fused-ring (bicyclic) bond motifs is 1. The molecule has 158 valence electrons. The number of sulfonamides is 1. The van der Waals surface area contributed by atoms with E-state index in [1.807, 2.05) is 6.92 Å². The fraction of sp³-hybridized carbons (Fsp3) is 0.136. The topological polar surface area (TPSA) is 101 Å². The summed E-state index contributed by atoms with van der Waals surface area (Å²) < 4.78 is 27.4. The molecule has 31 heavy (non-hydrogen) atoms. The van der Waals surface area contributed by atoms with Crippen LogP contribution in [-0.2, 0) is 23.0 Å². The van der Waals surface area contributed by atoms with Crippen LogP contribution >= 0.6 is 0 Å². The molecule has 3 aromatic rings. The van der Waals surface area contributed by atoms with Gasteiger partial charge in [0.1, 0.15) is 4.90 Å². The summed E-state index contributed by atoms with van der Waals surface area (Å²) in [6.07, 6.45) is 0.780. The van der Waals surface area contributed by atoms with E-state index in [1.165, 1.54) is 29.2 Å². The fourth-order valence-electron chi connectivity index (χ4n) is 3.53. The summed E-state index contributed by atoms with van der Waals surface area (Å²) in [7, 11) is -4.12. The Kier molecular flexibility index (Phi) is 5.20. The largest absolute Gasteiger partial charge is 0.343 e. The van der Waals surface area contributed by atoms with Crippen LogP contribution in [0.3, 0.4) is 0 Å². The zero-order valence-electron chi connectivity index (χ0n) is 16.6. The fourth-order valence-corrected chi connectivity index (χ4v) is 5.13. The van der Waals surface area contributed by atoms with Crippen molar-refractivity contribution in [3.63, 3.8) is 0 Å². The van der Waals surface area contributed by atoms with Crippen molar-refractivity contribution in [3.8, 4) is 0 Å². The molecular formula is C22H19N3O5S. The van der Waals surface area contributed by atoms with Crippen molar-refractivity contribution in [2.75, 3.05) is 9.21 Å². The molecule has 0 N–H and O–H groups in total. The predicted octanol–water partition coefficient (Wildman–Crippen LogP) is 4.49. The smallest absolute Gasteiger partial charge is 0.287 e. The van der Waals surface area contributed by atoms with Crippen molar-refractivity contribution < 1.29 is 18.1 Å². The zero-order chi connectivity index (χ0) is 22.2. The van der Waals surface area contributed by atoms with E-state index in [-0.39, 0.29) is 28.5 Å². The Bertz CT molecular complexity index is 1270. The maximum Gasteiger partial charge on any atom is 0.343 e. The lowest BCUT2D eigenvalue weighted by Crippen LogP contribution is -2.50. The van der Waals surface area contributed by atoms with Crippen molar-refractivity contribution in [3.05, 3.63) is 94.0 Å². The number of anilines is 2. The number of para-hydroxylation sites is 1. The second-order valence-electron chi connectivity index (χ2n) is 7.05. The molecule has 0 aliphatic carbocycles. The normalized spacial score (nSPS) is 14.9. The van der Waals surface area contributed by atoms with Crippen LogP contribution in [0.5, 0.6) is 0 Å². The number of carbonyl (C=O) groups is 1. The number of amides is 2. The van der Waals surface area contributed by atoms with E-state index in [0.717, 1.165) is 16.3 Å². The third-order valence-corrected chi connectivity index (χ3v) is 6.87. The molecule has 0 saturated heterocycles. The molecule has 0 unspecified atom stereocenters. The number of hydrogen-bond acceptors (Lipinski definition) is 5. The molecule has 8 nitrogen and oxygen atoms in total. The van der Waals surface area contributed by atoms with Crippen LogP contribution in [0.25, 0.3) is 0 Å². The summed E-state index contributed by atoms with van der Waals surface area (Å²) in [6, 6.07) is 18.2. The van der Waals surface area contributed by atoms with E-state index in [2.05, 4.69) is 0 Å². The zero-order valence-corrected chi connectivity index (χ0v) is 17.5. The summed E-state index contributed by atoms with van der Waals surface area (Å²) in [6.45, 7) is 1.96. The number of benzene rings is 3. The highest BCUT2D eigenvalue weighted by atomic mass is 32.2. The molecule has 0 aromatic heterocycles. The van der Waals surface area contributed by atoms with E-state index in [4.69, 9.17) is 0 Å². The number of non-ortho nitro benzene ring substituents is 1. The average molecular weight is 437 g/mol. The molecule has 1 aliphatic heterocycles. The minimum atomic E-state index is -4.12. The molecule has 0 atom stereocenters. The molecule has 4 rings (SSSR count). The van der Waals surface area contributed by atoms with E-state index >= 15 is 0 Å². The second-order valence-corrected chi connectivity index (χ2v) is 8.81. The van der Waals surface area contributed by atoms with Gasteiger partial charge in [-0.3, -0.25) is 15.0 Å². The van der Waals surface area contributed by atoms with Crippen LogP contribution in [0.2, 0.25) is 0 Å². The number of rotatable bonds is 5. The first-order valence-corrected chi connectivity index (χ1v) is 11.0. The van der Waals surface area contributed by atoms with Gasteiger partial charge in [-0.2, -0.15) is 4.31 Å². The van der Waals surface area contributed by atoms with Gasteiger partial charge in [-0.05, 0) is 41.8 Å². The lowest BCUT2D eigenvalue weighted by atomic mass is 10.1. The first kappa shape index (κ1) is 20.5. The molecular weight excluding hydrogens is 418 g/mol. The van der Waals surface area contributed by atoms with Gasteiger partial charge < -0.3 is 0 Å². The first-order valence-electron chi connectivity index (χ1n) is 9.61. The summed E-state index contributed by atoms with van der Waals surface area (Å²) in [5, 5.41) is 11.1. The number of aryl methyl sites for hydroxylation is 1. The minimum absolute atomic E-state index is 0.000371. The van der Waals surface area contributed by atoms with Gasteiger partial charge >= 0.3 is 6.03 Å². The van der Waals surface area contributed by atoms with Gasteiger partial charge in [0.2, 0.25) is 0 Å². The Morgan fingerprint density at radius 1 is 0.935 bits per heavy atom. The van der Waals surface area contributed by atoms with Crippen LogP contribution in [0.4, 0.5) is 21.9 Å². The lowest BCUT2D eigenvalue weighted by Gasteiger charge is -2.36. The number of nitrogens with zero attached hydrogens (tertiary/aromatic N) is 3. The lowest BCUT2D eigenvalue weighted by molar-refractivity contribution is -0.384. The molecule has 1 heterocycles. The number of nitro groups is 1. The second kappa shape index (κ2) is 7.84. The molecule has 1 aliphatic rings. The summed E-state index contributed by atoms with van der Waals surface area (Å²) in [4.78, 5) is 25.4. The van der Waals surface area contributed by atoms with Crippen molar-refractivity contribution in [2.24, 2.45) is 0 Å². The monoisotopic (exact) mass is 437 g/mol. The van der Waals surface area contributed by atoms with Gasteiger partial charge in [-0.15, -0.1) is 0 Å². The maximum absolute atomic E-state index is 13.4. The molecule has 0 fully saturated rings. The summed E-state index contributed by atoms with van der Waals surface area (Å²) >= 11 is 0. The number of carbonyl (C=O) groups excluding carboxylic acids is 1. The summed E-state index contributed by atoms with van der Waals surface area (Å²) in [5.41, 5.74) is 1.90. The van der Waals surface area contributed by atoms with E-state index in [9.17, 15) is 23.3 Å². The van der Waals surface area contributed by atoms with Gasteiger partial charge in [-0.25, -0.2) is 13.2 Å². The van der Waals surface area contributed by atoms with Gasteiger partial charge in [0, 0.05) is 12.1 Å². The van der Waals surface area contributed by atoms with Crippen molar-refractivity contribution >= 4 is 33.1 Å². The van der Waals surface area contributed by atoms with E-state index in [0.29, 0.717) is 5.56 Å². The first-order chi connectivity index (χ1) is 14.8. The van der Waals surface area contributed by atoms with E-state index in [1.54, 1.807) is 48.5 Å².